The fourth-order valence-corrected chi connectivity index (χ4v) is 1.88. The minimum Gasteiger partial charge on any atom is -0.507 e. The molecule has 0 saturated heterocycles. The number of ketones is 1. The Morgan fingerprint density at radius 3 is 2.37 bits per heavy atom. The van der Waals surface area contributed by atoms with E-state index in [0.29, 0.717) is 0 Å². The average Bonchev–Trinajstić information content (AvgIpc) is 2.41. The molecule has 0 heterocycles. The van der Waals surface area contributed by atoms with E-state index < -0.39 is 0 Å². The van der Waals surface area contributed by atoms with Crippen LogP contribution >= 0.6 is 23.2 Å². The summed E-state index contributed by atoms with van der Waals surface area (Å²) >= 11 is 11.6. The monoisotopic (exact) mass is 292 g/mol. The van der Waals surface area contributed by atoms with Crippen LogP contribution in [0, 0.1) is 0 Å². The van der Waals surface area contributed by atoms with Crippen LogP contribution < -0.4 is 0 Å². The van der Waals surface area contributed by atoms with Crippen molar-refractivity contribution in [1.82, 2.24) is 0 Å². The highest BCUT2D eigenvalue weighted by molar-refractivity contribution is 6.42. The highest BCUT2D eigenvalue weighted by Gasteiger charge is 2.11. The standard InChI is InChI=1S/C15H10Cl2O2/c16-12-8-11(15(19)9-13(12)17)14(18)7-6-10-4-2-1-3-5-10/h1-9,19H/b7-6+. The third kappa shape index (κ3) is 3.37. The molecule has 0 fully saturated rings. The van der Waals surface area contributed by atoms with E-state index in [-0.39, 0.29) is 27.1 Å². The van der Waals surface area contributed by atoms with Gasteiger partial charge in [0.05, 0.1) is 15.6 Å². The lowest BCUT2D eigenvalue weighted by molar-refractivity contribution is 0.104. The molecule has 4 heteroatoms. The molecule has 0 aliphatic rings. The first-order valence-corrected chi connectivity index (χ1v) is 6.29. The van der Waals surface area contributed by atoms with Gasteiger partial charge in [-0.2, -0.15) is 0 Å². The van der Waals surface area contributed by atoms with Crippen LogP contribution in [0.4, 0.5) is 0 Å². The van der Waals surface area contributed by atoms with Crippen molar-refractivity contribution < 1.29 is 9.90 Å². The predicted octanol–water partition coefficient (Wildman–Crippen LogP) is 4.60. The first-order valence-electron chi connectivity index (χ1n) is 5.53. The number of benzene rings is 2. The topological polar surface area (TPSA) is 37.3 Å². The normalized spacial score (nSPS) is 10.8. The second-order valence-corrected chi connectivity index (χ2v) is 4.71. The van der Waals surface area contributed by atoms with Gasteiger partial charge < -0.3 is 5.11 Å². The molecule has 2 nitrogen and oxygen atoms in total. The second-order valence-electron chi connectivity index (χ2n) is 3.89. The van der Waals surface area contributed by atoms with Crippen molar-refractivity contribution >= 4 is 35.1 Å². The number of hydrogen-bond acceptors (Lipinski definition) is 2. The molecule has 2 aromatic rings. The van der Waals surface area contributed by atoms with Gasteiger partial charge >= 0.3 is 0 Å². The largest absolute Gasteiger partial charge is 0.507 e. The fraction of sp³-hybridized carbons (Fsp3) is 0. The van der Waals surface area contributed by atoms with Crippen LogP contribution in [0.2, 0.25) is 10.0 Å². The van der Waals surface area contributed by atoms with E-state index in [2.05, 4.69) is 0 Å². The Hall–Kier alpha value is -1.77. The maximum Gasteiger partial charge on any atom is 0.189 e. The molecule has 0 unspecified atom stereocenters. The van der Waals surface area contributed by atoms with E-state index in [1.54, 1.807) is 6.08 Å². The summed E-state index contributed by atoms with van der Waals surface area (Å²) < 4.78 is 0. The van der Waals surface area contributed by atoms with Gasteiger partial charge in [0.15, 0.2) is 5.78 Å². The minimum absolute atomic E-state index is 0.126. The summed E-state index contributed by atoms with van der Waals surface area (Å²) in [4.78, 5) is 12.0. The van der Waals surface area contributed by atoms with Crippen LogP contribution in [0.3, 0.4) is 0 Å². The molecule has 96 valence electrons. The molecule has 0 saturated carbocycles. The van der Waals surface area contributed by atoms with E-state index in [1.165, 1.54) is 18.2 Å². The summed E-state index contributed by atoms with van der Waals surface area (Å²) in [6.45, 7) is 0. The number of rotatable bonds is 3. The first kappa shape index (κ1) is 13.7. The first-order chi connectivity index (χ1) is 9.08. The lowest BCUT2D eigenvalue weighted by Gasteiger charge is -2.03. The quantitative estimate of drug-likeness (QED) is 0.663. The van der Waals surface area contributed by atoms with Crippen LogP contribution in [0.5, 0.6) is 5.75 Å². The SMILES string of the molecule is O=C(/C=C/c1ccccc1)c1cc(Cl)c(Cl)cc1O. The van der Waals surface area contributed by atoms with Crippen molar-refractivity contribution in [1.29, 1.82) is 0 Å². The minimum atomic E-state index is -0.333. The zero-order valence-corrected chi connectivity index (χ0v) is 11.3. The number of aromatic hydroxyl groups is 1. The van der Waals surface area contributed by atoms with Crippen molar-refractivity contribution in [3.05, 3.63) is 69.7 Å². The van der Waals surface area contributed by atoms with Crippen molar-refractivity contribution in [2.24, 2.45) is 0 Å². The smallest absolute Gasteiger partial charge is 0.189 e. The Balaban J connectivity index is 2.26. The van der Waals surface area contributed by atoms with E-state index in [0.717, 1.165) is 5.56 Å². The molecule has 0 amide bonds. The molecule has 0 atom stereocenters. The number of allylic oxidation sites excluding steroid dienone is 1. The maximum atomic E-state index is 12.0. The van der Waals surface area contributed by atoms with Crippen LogP contribution in [0.15, 0.2) is 48.5 Å². The van der Waals surface area contributed by atoms with Crippen LogP contribution in [0.1, 0.15) is 15.9 Å². The summed E-state index contributed by atoms with van der Waals surface area (Å²) in [6, 6.07) is 12.0. The van der Waals surface area contributed by atoms with Gasteiger partial charge in [0.2, 0.25) is 0 Å². The Morgan fingerprint density at radius 1 is 1.05 bits per heavy atom. The third-order valence-electron chi connectivity index (χ3n) is 2.53. The van der Waals surface area contributed by atoms with Gasteiger partial charge in [-0.3, -0.25) is 4.79 Å². The summed E-state index contributed by atoms with van der Waals surface area (Å²) in [5, 5.41) is 10.1. The molecule has 1 N–H and O–H groups in total. The molecule has 0 aliphatic carbocycles. The Labute approximate surface area is 120 Å². The van der Waals surface area contributed by atoms with E-state index in [4.69, 9.17) is 23.2 Å². The van der Waals surface area contributed by atoms with Gasteiger partial charge in [-0.15, -0.1) is 0 Å². The summed E-state index contributed by atoms with van der Waals surface area (Å²) in [6.07, 6.45) is 3.05. The maximum absolute atomic E-state index is 12.0. The number of phenolic OH excluding ortho intramolecular Hbond substituents is 1. The zero-order valence-electron chi connectivity index (χ0n) is 9.81. The highest BCUT2D eigenvalue weighted by atomic mass is 35.5. The average molecular weight is 293 g/mol. The number of halogens is 2. The lowest BCUT2D eigenvalue weighted by atomic mass is 10.1. The number of carbonyl (C=O) groups excluding carboxylic acids is 1. The lowest BCUT2D eigenvalue weighted by Crippen LogP contribution is -1.95. The van der Waals surface area contributed by atoms with Crippen molar-refractivity contribution in [2.75, 3.05) is 0 Å². The Bertz CT molecular complexity index is 634. The van der Waals surface area contributed by atoms with Gasteiger partial charge in [-0.25, -0.2) is 0 Å². The summed E-state index contributed by atoms with van der Waals surface area (Å²) in [5.41, 5.74) is 1.02. The molecule has 19 heavy (non-hydrogen) atoms. The molecule has 0 aliphatic heterocycles. The Morgan fingerprint density at radius 2 is 1.68 bits per heavy atom. The van der Waals surface area contributed by atoms with Crippen molar-refractivity contribution in [3.63, 3.8) is 0 Å². The van der Waals surface area contributed by atoms with Crippen LogP contribution in [0.25, 0.3) is 6.08 Å². The number of carbonyl (C=O) groups is 1. The fourth-order valence-electron chi connectivity index (χ4n) is 1.56. The van der Waals surface area contributed by atoms with Gasteiger partial charge in [-0.1, -0.05) is 59.6 Å². The molecule has 0 bridgehead atoms. The predicted molar refractivity (Wildman–Crippen MR) is 77.9 cm³/mol. The van der Waals surface area contributed by atoms with Gasteiger partial charge in [0.25, 0.3) is 0 Å². The van der Waals surface area contributed by atoms with Crippen molar-refractivity contribution in [2.45, 2.75) is 0 Å². The van der Waals surface area contributed by atoms with E-state index in [1.807, 2.05) is 30.3 Å². The highest BCUT2D eigenvalue weighted by Crippen LogP contribution is 2.30. The third-order valence-corrected chi connectivity index (χ3v) is 3.25. The zero-order chi connectivity index (χ0) is 13.8. The summed E-state index contributed by atoms with van der Waals surface area (Å²) in [5.74, 6) is -0.517. The number of phenols is 1. The second kappa shape index (κ2) is 5.91. The Kier molecular flexibility index (Phi) is 4.25. The van der Waals surface area contributed by atoms with E-state index >= 15 is 0 Å². The molecular formula is C15H10Cl2O2. The van der Waals surface area contributed by atoms with Gasteiger partial charge in [0, 0.05) is 6.07 Å². The van der Waals surface area contributed by atoms with Crippen LogP contribution in [-0.4, -0.2) is 10.9 Å². The van der Waals surface area contributed by atoms with E-state index in [9.17, 15) is 9.90 Å². The van der Waals surface area contributed by atoms with Gasteiger partial charge in [0.1, 0.15) is 5.75 Å². The molecular weight excluding hydrogens is 283 g/mol. The van der Waals surface area contributed by atoms with Crippen LogP contribution in [-0.2, 0) is 0 Å². The molecule has 0 aromatic heterocycles. The van der Waals surface area contributed by atoms with Crippen molar-refractivity contribution in [3.8, 4) is 5.75 Å². The molecule has 2 rings (SSSR count). The molecule has 0 spiro atoms. The molecule has 2 aromatic carbocycles. The molecule has 0 radical (unpaired) electrons. The van der Waals surface area contributed by atoms with Gasteiger partial charge in [-0.05, 0) is 17.7 Å². The number of hydrogen-bond donors (Lipinski definition) is 1. The summed E-state index contributed by atoms with van der Waals surface area (Å²) in [7, 11) is 0.